The lowest BCUT2D eigenvalue weighted by molar-refractivity contribution is -0.209. The number of hydrogen-bond donors (Lipinski definition) is 0. The molecule has 4 rings (SSSR count). The molecule has 0 unspecified atom stereocenters. The van der Waals surface area contributed by atoms with Crippen LogP contribution in [0.1, 0.15) is 39.7 Å². The van der Waals surface area contributed by atoms with E-state index in [2.05, 4.69) is 0 Å². The van der Waals surface area contributed by atoms with Crippen molar-refractivity contribution in [3.05, 3.63) is 35.9 Å². The maximum Gasteiger partial charge on any atom is 0.335 e. The summed E-state index contributed by atoms with van der Waals surface area (Å²) < 4.78 is 41.3. The lowest BCUT2D eigenvalue weighted by Gasteiger charge is -2.28. The Kier molecular flexibility index (Phi) is 6.40. The lowest BCUT2D eigenvalue weighted by atomic mass is 10.0. The molecule has 3 heterocycles. The molecular formula is C23H32O8. The van der Waals surface area contributed by atoms with Crippen molar-refractivity contribution in [2.45, 2.75) is 88.9 Å². The van der Waals surface area contributed by atoms with Gasteiger partial charge in [0.15, 0.2) is 17.7 Å². The molecule has 3 fully saturated rings. The van der Waals surface area contributed by atoms with Crippen LogP contribution in [0.4, 0.5) is 0 Å². The molecule has 172 valence electrons. The van der Waals surface area contributed by atoms with Crippen molar-refractivity contribution >= 4 is 5.97 Å². The third-order valence-corrected chi connectivity index (χ3v) is 5.79. The molecule has 1 aromatic carbocycles. The number of esters is 1. The van der Waals surface area contributed by atoms with Gasteiger partial charge in [0, 0.05) is 6.42 Å². The summed E-state index contributed by atoms with van der Waals surface area (Å²) in [5, 5.41) is 0. The van der Waals surface area contributed by atoms with Crippen LogP contribution in [-0.2, 0) is 44.6 Å². The van der Waals surface area contributed by atoms with E-state index >= 15 is 0 Å². The Bertz CT molecular complexity index is 764. The smallest absolute Gasteiger partial charge is 0.335 e. The van der Waals surface area contributed by atoms with Crippen molar-refractivity contribution < 1.29 is 38.0 Å². The Morgan fingerprint density at radius 1 is 1.03 bits per heavy atom. The first-order valence-electron chi connectivity index (χ1n) is 10.7. The van der Waals surface area contributed by atoms with E-state index in [-0.39, 0.29) is 30.8 Å². The third-order valence-electron chi connectivity index (χ3n) is 5.79. The zero-order valence-corrected chi connectivity index (χ0v) is 18.7. The average Bonchev–Trinajstić information content (AvgIpc) is 3.35. The number of carbonyl (C=O) groups is 1. The summed E-state index contributed by atoms with van der Waals surface area (Å²) in [5.74, 6) is -1.88. The minimum atomic E-state index is -0.792. The summed E-state index contributed by atoms with van der Waals surface area (Å²) in [6.07, 6.45) is -2.25. The minimum absolute atomic E-state index is 0.285. The van der Waals surface area contributed by atoms with Gasteiger partial charge in [-0.15, -0.1) is 0 Å². The largest absolute Gasteiger partial charge is 0.467 e. The van der Waals surface area contributed by atoms with Crippen LogP contribution in [0.15, 0.2) is 30.3 Å². The summed E-state index contributed by atoms with van der Waals surface area (Å²) in [7, 11) is 1.35. The van der Waals surface area contributed by atoms with Crippen LogP contribution in [-0.4, -0.2) is 67.9 Å². The molecule has 0 saturated carbocycles. The SMILES string of the molecule is COC(=O)[C@H](C[C@@H]1O[C@H]([C@@H]2COC(C)(C)O2)[C@@H]2OC(C)(C)O[C@@H]21)OCc1ccccc1. The molecule has 8 nitrogen and oxygen atoms in total. The van der Waals surface area contributed by atoms with E-state index in [1.54, 1.807) is 0 Å². The molecule has 0 amide bonds. The van der Waals surface area contributed by atoms with Gasteiger partial charge in [-0.25, -0.2) is 4.79 Å². The zero-order valence-electron chi connectivity index (χ0n) is 18.7. The molecule has 1 aromatic rings. The number of hydrogen-bond acceptors (Lipinski definition) is 8. The number of rotatable bonds is 7. The zero-order chi connectivity index (χ0) is 22.2. The second-order valence-corrected chi connectivity index (χ2v) is 9.12. The predicted molar refractivity (Wildman–Crippen MR) is 109 cm³/mol. The Morgan fingerprint density at radius 3 is 2.39 bits per heavy atom. The van der Waals surface area contributed by atoms with E-state index < -0.39 is 29.8 Å². The first kappa shape index (κ1) is 22.6. The molecule has 0 spiro atoms. The van der Waals surface area contributed by atoms with Crippen molar-refractivity contribution in [2.24, 2.45) is 0 Å². The van der Waals surface area contributed by atoms with Gasteiger partial charge in [-0.1, -0.05) is 30.3 Å². The third kappa shape index (κ3) is 5.10. The molecule has 8 heteroatoms. The van der Waals surface area contributed by atoms with E-state index in [1.807, 2.05) is 58.0 Å². The highest BCUT2D eigenvalue weighted by Crippen LogP contribution is 2.43. The summed E-state index contributed by atoms with van der Waals surface area (Å²) in [5.41, 5.74) is 0.972. The summed E-state index contributed by atoms with van der Waals surface area (Å²) in [6, 6.07) is 9.68. The van der Waals surface area contributed by atoms with Crippen molar-refractivity contribution in [2.75, 3.05) is 13.7 Å². The van der Waals surface area contributed by atoms with Gasteiger partial charge >= 0.3 is 5.97 Å². The fourth-order valence-corrected chi connectivity index (χ4v) is 4.43. The molecule has 31 heavy (non-hydrogen) atoms. The first-order chi connectivity index (χ1) is 14.7. The summed E-state index contributed by atoms with van der Waals surface area (Å²) in [4.78, 5) is 12.4. The molecular weight excluding hydrogens is 404 g/mol. The quantitative estimate of drug-likeness (QED) is 0.604. The number of methoxy groups -OCH3 is 1. The van der Waals surface area contributed by atoms with Gasteiger partial charge < -0.3 is 33.2 Å². The summed E-state index contributed by atoms with van der Waals surface area (Å²) >= 11 is 0. The van der Waals surface area contributed by atoms with E-state index in [0.29, 0.717) is 13.2 Å². The molecule has 6 atom stereocenters. The summed E-state index contributed by atoms with van der Waals surface area (Å²) in [6.45, 7) is 8.19. The number of carbonyl (C=O) groups excluding carboxylic acids is 1. The van der Waals surface area contributed by atoms with Gasteiger partial charge in [0.05, 0.1) is 26.4 Å². The Balaban J connectivity index is 1.47. The second kappa shape index (κ2) is 8.77. The minimum Gasteiger partial charge on any atom is -0.467 e. The molecule has 0 radical (unpaired) electrons. The molecule has 3 aliphatic heterocycles. The van der Waals surface area contributed by atoms with E-state index in [9.17, 15) is 4.79 Å². The van der Waals surface area contributed by atoms with Gasteiger partial charge in [0.2, 0.25) is 0 Å². The highest BCUT2D eigenvalue weighted by Gasteiger charge is 2.59. The maximum absolute atomic E-state index is 12.4. The fraction of sp³-hybridized carbons (Fsp3) is 0.696. The normalized spacial score (nSPS) is 34.4. The van der Waals surface area contributed by atoms with Gasteiger partial charge in [0.25, 0.3) is 0 Å². The highest BCUT2D eigenvalue weighted by atomic mass is 16.8. The number of fused-ring (bicyclic) bond motifs is 1. The van der Waals surface area contributed by atoms with Crippen molar-refractivity contribution in [1.82, 2.24) is 0 Å². The number of benzene rings is 1. The Hall–Kier alpha value is -1.55. The van der Waals surface area contributed by atoms with Gasteiger partial charge in [-0.3, -0.25) is 0 Å². The van der Waals surface area contributed by atoms with E-state index in [4.69, 9.17) is 33.2 Å². The van der Waals surface area contributed by atoms with Crippen LogP contribution in [0.5, 0.6) is 0 Å². The average molecular weight is 437 g/mol. The van der Waals surface area contributed by atoms with E-state index in [1.165, 1.54) is 7.11 Å². The van der Waals surface area contributed by atoms with Crippen LogP contribution >= 0.6 is 0 Å². The lowest BCUT2D eigenvalue weighted by Crippen LogP contribution is -2.40. The van der Waals surface area contributed by atoms with Crippen LogP contribution in [0.25, 0.3) is 0 Å². The standard InChI is InChI=1S/C23H32O8/c1-22(2)27-13-17(29-22)18-20-19(30-23(3,4)31-20)15(28-18)11-16(21(24)25-5)26-12-14-9-7-6-8-10-14/h6-10,15-20H,11-13H2,1-5H3/t15-,16-,17-,18+,19+,20-/m0/s1. The monoisotopic (exact) mass is 436 g/mol. The topological polar surface area (TPSA) is 81.7 Å². The van der Waals surface area contributed by atoms with Crippen LogP contribution in [0.3, 0.4) is 0 Å². The molecule has 0 aliphatic carbocycles. The van der Waals surface area contributed by atoms with Gasteiger partial charge in [0.1, 0.15) is 24.4 Å². The number of ether oxygens (including phenoxy) is 7. The van der Waals surface area contributed by atoms with Crippen LogP contribution < -0.4 is 0 Å². The molecule has 0 N–H and O–H groups in total. The second-order valence-electron chi connectivity index (χ2n) is 9.12. The molecule has 3 aliphatic rings. The van der Waals surface area contributed by atoms with Crippen LogP contribution in [0.2, 0.25) is 0 Å². The fourth-order valence-electron chi connectivity index (χ4n) is 4.43. The van der Waals surface area contributed by atoms with Crippen molar-refractivity contribution in [1.29, 1.82) is 0 Å². The van der Waals surface area contributed by atoms with E-state index in [0.717, 1.165) is 5.56 Å². The van der Waals surface area contributed by atoms with Crippen molar-refractivity contribution in [3.8, 4) is 0 Å². The molecule has 0 bridgehead atoms. The van der Waals surface area contributed by atoms with Crippen molar-refractivity contribution in [3.63, 3.8) is 0 Å². The predicted octanol–water partition coefficient (Wildman–Crippen LogP) is 2.57. The molecule has 3 saturated heterocycles. The maximum atomic E-state index is 12.4. The highest BCUT2D eigenvalue weighted by molar-refractivity contribution is 5.74. The van der Waals surface area contributed by atoms with Crippen LogP contribution in [0, 0.1) is 0 Å². The Morgan fingerprint density at radius 2 is 1.74 bits per heavy atom. The molecule has 0 aromatic heterocycles. The van der Waals surface area contributed by atoms with Gasteiger partial charge in [-0.2, -0.15) is 0 Å². The first-order valence-corrected chi connectivity index (χ1v) is 10.7. The van der Waals surface area contributed by atoms with Gasteiger partial charge in [-0.05, 0) is 33.3 Å². The Labute approximate surface area is 183 Å².